The van der Waals surface area contributed by atoms with Gasteiger partial charge in [-0.2, -0.15) is 0 Å². The van der Waals surface area contributed by atoms with E-state index in [0.717, 1.165) is 17.9 Å². The van der Waals surface area contributed by atoms with Gasteiger partial charge in [0.1, 0.15) is 0 Å². The molecule has 0 fully saturated rings. The molecule has 1 aliphatic carbocycles. The van der Waals surface area contributed by atoms with E-state index in [1.807, 2.05) is 18.0 Å². The van der Waals surface area contributed by atoms with Gasteiger partial charge in [0.05, 0.1) is 5.70 Å². The third-order valence-electron chi connectivity index (χ3n) is 3.40. The molecule has 0 amide bonds. The van der Waals surface area contributed by atoms with Gasteiger partial charge in [-0.3, -0.25) is 4.99 Å². The van der Waals surface area contributed by atoms with Crippen LogP contribution < -0.4 is 0 Å². The van der Waals surface area contributed by atoms with Crippen molar-refractivity contribution in [3.05, 3.63) is 34.9 Å². The summed E-state index contributed by atoms with van der Waals surface area (Å²) in [7, 11) is 0. The Balaban J connectivity index is 3.09. The van der Waals surface area contributed by atoms with Gasteiger partial charge in [-0.15, -0.1) is 11.8 Å². The second-order valence-electron chi connectivity index (χ2n) is 5.09. The van der Waals surface area contributed by atoms with E-state index < -0.39 is 0 Å². The van der Waals surface area contributed by atoms with Crippen molar-refractivity contribution in [2.75, 3.05) is 5.75 Å². The van der Waals surface area contributed by atoms with Crippen LogP contribution in [-0.2, 0) is 0 Å². The monoisotopic (exact) mass is 263 g/mol. The number of hydrogen-bond acceptors (Lipinski definition) is 2. The first-order valence-electron chi connectivity index (χ1n) is 6.81. The number of aliphatic imine (C=N–C) groups is 1. The van der Waals surface area contributed by atoms with Crippen LogP contribution in [0.1, 0.15) is 41.0 Å². The van der Waals surface area contributed by atoms with E-state index in [1.54, 1.807) is 0 Å². The van der Waals surface area contributed by atoms with Crippen molar-refractivity contribution >= 4 is 18.0 Å². The molecule has 0 aromatic heterocycles. The van der Waals surface area contributed by atoms with Crippen molar-refractivity contribution in [1.29, 1.82) is 0 Å². The molecule has 1 nitrogen and oxygen atoms in total. The lowest BCUT2D eigenvalue weighted by Crippen LogP contribution is -2.17. The Bertz CT molecular complexity index is 388. The van der Waals surface area contributed by atoms with Gasteiger partial charge in [0, 0.05) is 16.5 Å². The molecule has 0 bridgehead atoms. The van der Waals surface area contributed by atoms with E-state index in [9.17, 15) is 0 Å². The van der Waals surface area contributed by atoms with Gasteiger partial charge >= 0.3 is 0 Å². The van der Waals surface area contributed by atoms with E-state index in [0.29, 0.717) is 5.92 Å². The number of nitrogens with zero attached hydrogens (tertiary/aromatic N) is 1. The summed E-state index contributed by atoms with van der Waals surface area (Å²) in [6.07, 6.45) is 12.0. The summed E-state index contributed by atoms with van der Waals surface area (Å²) < 4.78 is 0. The van der Waals surface area contributed by atoms with Gasteiger partial charge < -0.3 is 0 Å². The van der Waals surface area contributed by atoms with Crippen LogP contribution in [0.2, 0.25) is 0 Å². The van der Waals surface area contributed by atoms with Crippen LogP contribution in [0.25, 0.3) is 0 Å². The predicted octanol–water partition coefficient (Wildman–Crippen LogP) is 5.22. The molecule has 0 radical (unpaired) electrons. The molecule has 1 unspecified atom stereocenters. The number of hydrogen-bond donors (Lipinski definition) is 0. The molecule has 18 heavy (non-hydrogen) atoms. The lowest BCUT2D eigenvalue weighted by molar-refractivity contribution is 0.383. The fraction of sp³-hybridized carbons (Fsp3) is 0.562. The maximum Gasteiger partial charge on any atom is 0.0758 e. The zero-order valence-corrected chi connectivity index (χ0v) is 13.1. The zero-order valence-electron chi connectivity index (χ0n) is 12.2. The largest absolute Gasteiger partial charge is 0.260 e. The molecule has 1 aliphatic rings. The third kappa shape index (κ3) is 3.88. The summed E-state index contributed by atoms with van der Waals surface area (Å²) >= 11 is 1.86. The summed E-state index contributed by atoms with van der Waals surface area (Å²) in [6, 6.07) is 0. The standard InChI is InChI=1S/C16H25NS/c1-6-12-17-14-8-10-16(5,13(3)4)11-9-15(14)18-7-2/h8-13H,6-7H2,1-5H3. The van der Waals surface area contributed by atoms with E-state index in [4.69, 9.17) is 0 Å². The fourth-order valence-corrected chi connectivity index (χ4v) is 2.44. The molecular weight excluding hydrogens is 238 g/mol. The highest BCUT2D eigenvalue weighted by atomic mass is 32.2. The molecule has 0 saturated carbocycles. The number of allylic oxidation sites excluding steroid dienone is 4. The van der Waals surface area contributed by atoms with Gasteiger partial charge in [-0.05, 0) is 30.2 Å². The minimum Gasteiger partial charge on any atom is -0.260 e. The minimum atomic E-state index is 0.128. The highest BCUT2D eigenvalue weighted by Crippen LogP contribution is 2.36. The Kier molecular flexibility index (Phi) is 5.94. The van der Waals surface area contributed by atoms with Gasteiger partial charge in [0.25, 0.3) is 0 Å². The second kappa shape index (κ2) is 6.98. The average Bonchev–Trinajstić information content (AvgIpc) is 2.49. The normalized spacial score (nSPS) is 24.3. The topological polar surface area (TPSA) is 12.4 Å². The van der Waals surface area contributed by atoms with Crippen molar-refractivity contribution in [2.24, 2.45) is 16.3 Å². The van der Waals surface area contributed by atoms with E-state index in [-0.39, 0.29) is 5.41 Å². The molecule has 0 aromatic rings. The lowest BCUT2D eigenvalue weighted by atomic mass is 9.79. The van der Waals surface area contributed by atoms with Gasteiger partial charge in [-0.1, -0.05) is 46.8 Å². The Morgan fingerprint density at radius 2 is 1.94 bits per heavy atom. The Labute approximate surface area is 116 Å². The quantitative estimate of drug-likeness (QED) is 0.619. The summed E-state index contributed by atoms with van der Waals surface area (Å²) in [4.78, 5) is 5.86. The molecular formula is C16H25NS. The van der Waals surface area contributed by atoms with Crippen molar-refractivity contribution in [1.82, 2.24) is 0 Å². The summed E-state index contributed by atoms with van der Waals surface area (Å²) in [5, 5.41) is 0. The maximum atomic E-state index is 4.58. The van der Waals surface area contributed by atoms with Crippen molar-refractivity contribution < 1.29 is 0 Å². The molecule has 1 rings (SSSR count). The van der Waals surface area contributed by atoms with Crippen LogP contribution in [0.4, 0.5) is 0 Å². The van der Waals surface area contributed by atoms with Crippen LogP contribution in [0.5, 0.6) is 0 Å². The van der Waals surface area contributed by atoms with Crippen molar-refractivity contribution in [2.45, 2.75) is 41.0 Å². The maximum absolute atomic E-state index is 4.58. The number of thioether (sulfide) groups is 1. The van der Waals surface area contributed by atoms with Gasteiger partial charge in [-0.25, -0.2) is 0 Å². The molecule has 1 atom stereocenters. The van der Waals surface area contributed by atoms with E-state index in [1.165, 1.54) is 4.91 Å². The molecule has 0 aliphatic heterocycles. The Morgan fingerprint density at radius 3 is 2.50 bits per heavy atom. The fourth-order valence-electron chi connectivity index (χ4n) is 1.70. The van der Waals surface area contributed by atoms with Crippen LogP contribution in [-0.4, -0.2) is 12.0 Å². The van der Waals surface area contributed by atoms with Crippen LogP contribution in [0, 0.1) is 11.3 Å². The summed E-state index contributed by atoms with van der Waals surface area (Å²) in [5.74, 6) is 1.67. The third-order valence-corrected chi connectivity index (χ3v) is 4.35. The van der Waals surface area contributed by atoms with Crippen LogP contribution >= 0.6 is 11.8 Å². The highest BCUT2D eigenvalue weighted by Gasteiger charge is 2.23. The minimum absolute atomic E-state index is 0.128. The first-order valence-corrected chi connectivity index (χ1v) is 7.80. The van der Waals surface area contributed by atoms with Crippen LogP contribution in [0.15, 0.2) is 39.9 Å². The molecule has 0 aromatic carbocycles. The van der Waals surface area contributed by atoms with Crippen LogP contribution in [0.3, 0.4) is 0 Å². The van der Waals surface area contributed by atoms with E-state index in [2.05, 4.69) is 63.9 Å². The molecule has 0 spiro atoms. The van der Waals surface area contributed by atoms with Gasteiger partial charge in [0.2, 0.25) is 0 Å². The Morgan fingerprint density at radius 1 is 1.28 bits per heavy atom. The lowest BCUT2D eigenvalue weighted by Gasteiger charge is -2.26. The number of rotatable bonds is 5. The smallest absolute Gasteiger partial charge is 0.0758 e. The van der Waals surface area contributed by atoms with E-state index >= 15 is 0 Å². The van der Waals surface area contributed by atoms with Crippen molar-refractivity contribution in [3.8, 4) is 0 Å². The predicted molar refractivity (Wildman–Crippen MR) is 85.2 cm³/mol. The molecule has 2 heteroatoms. The molecule has 0 N–H and O–H groups in total. The van der Waals surface area contributed by atoms with Gasteiger partial charge in [0.15, 0.2) is 0 Å². The highest BCUT2D eigenvalue weighted by molar-refractivity contribution is 8.03. The molecule has 0 saturated heterocycles. The summed E-state index contributed by atoms with van der Waals surface area (Å²) in [6.45, 7) is 11.1. The second-order valence-corrected chi connectivity index (χ2v) is 6.40. The molecule has 100 valence electrons. The summed E-state index contributed by atoms with van der Waals surface area (Å²) in [5.41, 5.74) is 1.23. The SMILES string of the molecule is CCC=NC1=C(SCC)C=CC(C)(C(C)C)C=C1. The van der Waals surface area contributed by atoms with Crippen molar-refractivity contribution in [3.63, 3.8) is 0 Å². The average molecular weight is 263 g/mol. The first kappa shape index (κ1) is 15.3. The first-order chi connectivity index (χ1) is 8.53. The Hall–Kier alpha value is -0.760. The molecule has 0 heterocycles. The zero-order chi connectivity index (χ0) is 13.6.